The molecule has 0 saturated carbocycles. The SMILES string of the molecule is COc1ccc(CN(C)C(=O)c2ccc(SC(F)(F)F)cc2)c(OC)c1. The van der Waals surface area contributed by atoms with Crippen LogP contribution in [0.4, 0.5) is 13.2 Å². The number of hydrogen-bond donors (Lipinski definition) is 0. The highest BCUT2D eigenvalue weighted by Gasteiger charge is 2.29. The molecule has 2 aromatic rings. The van der Waals surface area contributed by atoms with Crippen LogP contribution in [0.1, 0.15) is 15.9 Å². The van der Waals surface area contributed by atoms with E-state index < -0.39 is 5.51 Å². The maximum Gasteiger partial charge on any atom is 0.446 e. The van der Waals surface area contributed by atoms with Crippen LogP contribution >= 0.6 is 11.8 Å². The molecule has 0 heterocycles. The summed E-state index contributed by atoms with van der Waals surface area (Å²) in [5.41, 5.74) is -3.26. The number of methoxy groups -OCH3 is 2. The van der Waals surface area contributed by atoms with Crippen molar-refractivity contribution in [2.75, 3.05) is 21.3 Å². The Labute approximate surface area is 153 Å². The molecule has 0 aliphatic rings. The molecule has 0 aromatic heterocycles. The topological polar surface area (TPSA) is 38.8 Å². The van der Waals surface area contributed by atoms with Gasteiger partial charge < -0.3 is 14.4 Å². The number of rotatable bonds is 6. The first kappa shape index (κ1) is 20.0. The Bertz CT molecular complexity index is 763. The van der Waals surface area contributed by atoms with Gasteiger partial charge in [-0.3, -0.25) is 4.79 Å². The van der Waals surface area contributed by atoms with Crippen molar-refractivity contribution >= 4 is 17.7 Å². The number of ether oxygens (including phenoxy) is 2. The molecule has 0 N–H and O–H groups in total. The van der Waals surface area contributed by atoms with Gasteiger partial charge in [0.15, 0.2) is 0 Å². The number of hydrogen-bond acceptors (Lipinski definition) is 4. The maximum atomic E-state index is 12.5. The Balaban J connectivity index is 2.10. The summed E-state index contributed by atoms with van der Waals surface area (Å²) in [5.74, 6) is 0.921. The molecule has 8 heteroatoms. The number of amides is 1. The monoisotopic (exact) mass is 385 g/mol. The first-order valence-electron chi connectivity index (χ1n) is 7.55. The summed E-state index contributed by atoms with van der Waals surface area (Å²) in [5, 5.41) is 0. The van der Waals surface area contributed by atoms with Crippen molar-refractivity contribution in [2.45, 2.75) is 16.9 Å². The maximum absolute atomic E-state index is 12.5. The van der Waals surface area contributed by atoms with Gasteiger partial charge in [0.25, 0.3) is 5.91 Å². The average Bonchev–Trinajstić information content (AvgIpc) is 2.60. The molecule has 0 fully saturated rings. The number of benzene rings is 2. The van der Waals surface area contributed by atoms with Crippen molar-refractivity contribution in [3.05, 3.63) is 53.6 Å². The highest BCUT2D eigenvalue weighted by Crippen LogP contribution is 2.36. The summed E-state index contributed by atoms with van der Waals surface area (Å²) in [6.07, 6.45) is 0. The number of halogens is 3. The van der Waals surface area contributed by atoms with Crippen molar-refractivity contribution in [2.24, 2.45) is 0 Å². The van der Waals surface area contributed by atoms with E-state index in [-0.39, 0.29) is 29.1 Å². The molecule has 0 bridgehead atoms. The van der Waals surface area contributed by atoms with Gasteiger partial charge in [-0.25, -0.2) is 0 Å². The predicted octanol–water partition coefficient (Wildman–Crippen LogP) is 4.59. The zero-order valence-electron chi connectivity index (χ0n) is 14.5. The molecular formula is C18H18F3NO3S. The summed E-state index contributed by atoms with van der Waals surface area (Å²) in [4.78, 5) is 14.0. The van der Waals surface area contributed by atoms with E-state index in [9.17, 15) is 18.0 Å². The lowest BCUT2D eigenvalue weighted by Crippen LogP contribution is -2.26. The van der Waals surface area contributed by atoms with Gasteiger partial charge in [-0.15, -0.1) is 0 Å². The second-order valence-electron chi connectivity index (χ2n) is 5.41. The summed E-state index contributed by atoms with van der Waals surface area (Å²) < 4.78 is 47.5. The van der Waals surface area contributed by atoms with Crippen molar-refractivity contribution in [3.63, 3.8) is 0 Å². The van der Waals surface area contributed by atoms with E-state index in [0.29, 0.717) is 17.1 Å². The van der Waals surface area contributed by atoms with E-state index in [4.69, 9.17) is 9.47 Å². The van der Waals surface area contributed by atoms with E-state index >= 15 is 0 Å². The molecule has 4 nitrogen and oxygen atoms in total. The van der Waals surface area contributed by atoms with Gasteiger partial charge in [-0.2, -0.15) is 13.2 Å². The van der Waals surface area contributed by atoms with E-state index in [1.165, 1.54) is 36.3 Å². The number of carbonyl (C=O) groups is 1. The van der Waals surface area contributed by atoms with Crippen molar-refractivity contribution in [1.29, 1.82) is 0 Å². The Morgan fingerprint density at radius 3 is 2.27 bits per heavy atom. The molecular weight excluding hydrogens is 367 g/mol. The smallest absolute Gasteiger partial charge is 0.446 e. The Kier molecular flexibility index (Phi) is 6.42. The minimum Gasteiger partial charge on any atom is -0.497 e. The molecule has 2 rings (SSSR count). The zero-order chi connectivity index (χ0) is 19.3. The second-order valence-corrected chi connectivity index (χ2v) is 6.55. The summed E-state index contributed by atoms with van der Waals surface area (Å²) in [6.45, 7) is 0.283. The first-order valence-corrected chi connectivity index (χ1v) is 8.37. The molecule has 2 aromatic carbocycles. The molecule has 0 aliphatic heterocycles. The lowest BCUT2D eigenvalue weighted by atomic mass is 10.1. The average molecular weight is 385 g/mol. The number of nitrogens with zero attached hydrogens (tertiary/aromatic N) is 1. The third kappa shape index (κ3) is 5.32. The molecule has 0 radical (unpaired) electrons. The Morgan fingerprint density at radius 2 is 1.73 bits per heavy atom. The fraction of sp³-hybridized carbons (Fsp3) is 0.278. The number of alkyl halides is 3. The summed E-state index contributed by atoms with van der Waals surface area (Å²) in [6, 6.07) is 10.6. The third-order valence-corrected chi connectivity index (χ3v) is 4.32. The highest BCUT2D eigenvalue weighted by molar-refractivity contribution is 8.00. The van der Waals surface area contributed by atoms with E-state index in [1.54, 1.807) is 32.4 Å². The molecule has 0 spiro atoms. The van der Waals surface area contributed by atoms with Crippen LogP contribution in [-0.2, 0) is 6.54 Å². The van der Waals surface area contributed by atoms with Crippen molar-refractivity contribution in [3.8, 4) is 11.5 Å². The number of thioether (sulfide) groups is 1. The molecule has 26 heavy (non-hydrogen) atoms. The fourth-order valence-corrected chi connectivity index (χ4v) is 2.87. The van der Waals surface area contributed by atoms with Gasteiger partial charge in [0.1, 0.15) is 11.5 Å². The molecule has 1 amide bonds. The number of carbonyl (C=O) groups excluding carboxylic acids is 1. The van der Waals surface area contributed by atoms with Crippen LogP contribution in [0.25, 0.3) is 0 Å². The van der Waals surface area contributed by atoms with Crippen LogP contribution in [0.15, 0.2) is 47.4 Å². The van der Waals surface area contributed by atoms with Crippen LogP contribution in [0, 0.1) is 0 Å². The quantitative estimate of drug-likeness (QED) is 0.682. The van der Waals surface area contributed by atoms with Crippen LogP contribution in [0.2, 0.25) is 0 Å². The third-order valence-electron chi connectivity index (χ3n) is 3.58. The van der Waals surface area contributed by atoms with Gasteiger partial charge in [0.2, 0.25) is 0 Å². The minimum atomic E-state index is -4.35. The standard InChI is InChI=1S/C18H18F3NO3S/c1-22(11-13-4-7-14(24-2)10-16(13)25-3)17(23)12-5-8-15(9-6-12)26-18(19,20)21/h4-10H,11H2,1-3H3. The summed E-state index contributed by atoms with van der Waals surface area (Å²) >= 11 is -0.213. The van der Waals surface area contributed by atoms with Gasteiger partial charge in [-0.05, 0) is 48.2 Å². The predicted molar refractivity (Wildman–Crippen MR) is 93.7 cm³/mol. The van der Waals surface area contributed by atoms with Gasteiger partial charge in [-0.1, -0.05) is 0 Å². The molecule has 140 valence electrons. The van der Waals surface area contributed by atoms with Crippen molar-refractivity contribution < 1.29 is 27.4 Å². The normalized spacial score (nSPS) is 11.2. The first-order chi connectivity index (χ1) is 12.2. The van der Waals surface area contributed by atoms with Gasteiger partial charge in [0.05, 0.1) is 14.2 Å². The molecule has 0 atom stereocenters. The largest absolute Gasteiger partial charge is 0.497 e. The van der Waals surface area contributed by atoms with Crippen molar-refractivity contribution in [1.82, 2.24) is 4.90 Å². The van der Waals surface area contributed by atoms with E-state index in [1.807, 2.05) is 0 Å². The van der Waals surface area contributed by atoms with Crippen LogP contribution in [-0.4, -0.2) is 37.6 Å². The molecule has 0 saturated heterocycles. The molecule has 0 aliphatic carbocycles. The van der Waals surface area contributed by atoms with Gasteiger partial charge in [0, 0.05) is 35.7 Å². The van der Waals surface area contributed by atoms with Gasteiger partial charge >= 0.3 is 5.51 Å². The van der Waals surface area contributed by atoms with Crippen LogP contribution < -0.4 is 9.47 Å². The van der Waals surface area contributed by atoms with E-state index in [2.05, 4.69) is 0 Å². The van der Waals surface area contributed by atoms with Crippen LogP contribution in [0.5, 0.6) is 11.5 Å². The lowest BCUT2D eigenvalue weighted by Gasteiger charge is -2.19. The summed E-state index contributed by atoms with van der Waals surface area (Å²) in [7, 11) is 4.69. The Hall–Kier alpha value is -2.35. The fourth-order valence-electron chi connectivity index (χ4n) is 2.33. The van der Waals surface area contributed by atoms with Crippen LogP contribution in [0.3, 0.4) is 0 Å². The highest BCUT2D eigenvalue weighted by atomic mass is 32.2. The molecule has 0 unspecified atom stereocenters. The minimum absolute atomic E-state index is 0.0357. The lowest BCUT2D eigenvalue weighted by molar-refractivity contribution is -0.0328. The Morgan fingerprint density at radius 1 is 1.08 bits per heavy atom. The zero-order valence-corrected chi connectivity index (χ0v) is 15.3. The second kappa shape index (κ2) is 8.35. The van der Waals surface area contributed by atoms with E-state index in [0.717, 1.165) is 5.56 Å².